The lowest BCUT2D eigenvalue weighted by atomic mass is 10.1. The fraction of sp³-hybridized carbons (Fsp3) is 0.433. The van der Waals surface area contributed by atoms with Gasteiger partial charge in [-0.25, -0.2) is 14.4 Å². The average Bonchev–Trinajstić information content (AvgIpc) is 3.37. The lowest BCUT2D eigenvalue weighted by Gasteiger charge is -2.17. The zero-order chi connectivity index (χ0) is 29.0. The van der Waals surface area contributed by atoms with E-state index in [9.17, 15) is 9.18 Å². The molecule has 3 heterocycles. The van der Waals surface area contributed by atoms with E-state index in [1.807, 2.05) is 19.9 Å². The molecule has 0 bridgehead atoms. The standard InChI is InChI=1S/C28H31ClFN5O4.C2H6/c29-22-13-20(4-5-23(22)30)33-28-21-14-25(34-27(36)3-1-7-35-8-2-10-37-12-9-35)26(15-24(21)31-18-32-28)39-17-19-6-11-38-16-19;1-2/h1,3-5,13-15,18-19H,2,6-12,16-17H2,(H,34,36)(H,31,32,33);1-2H3/b3-1+;. The van der Waals surface area contributed by atoms with Gasteiger partial charge in [0.05, 0.1) is 36.0 Å². The van der Waals surface area contributed by atoms with Gasteiger partial charge >= 0.3 is 0 Å². The molecule has 9 nitrogen and oxygen atoms in total. The van der Waals surface area contributed by atoms with Gasteiger partial charge in [-0.1, -0.05) is 31.5 Å². The highest BCUT2D eigenvalue weighted by molar-refractivity contribution is 6.31. The quantitative estimate of drug-likeness (QED) is 0.303. The number of nitrogens with one attached hydrogen (secondary N) is 2. The summed E-state index contributed by atoms with van der Waals surface area (Å²) in [5.41, 5.74) is 1.68. The van der Waals surface area contributed by atoms with E-state index in [0.717, 1.165) is 39.1 Å². The summed E-state index contributed by atoms with van der Waals surface area (Å²) in [4.78, 5) is 23.9. The van der Waals surface area contributed by atoms with Crippen molar-refractivity contribution in [1.82, 2.24) is 14.9 Å². The predicted molar refractivity (Wildman–Crippen MR) is 160 cm³/mol. The largest absolute Gasteiger partial charge is 0.491 e. The number of fused-ring (bicyclic) bond motifs is 1. The van der Waals surface area contributed by atoms with Gasteiger partial charge in [0.15, 0.2) is 0 Å². The van der Waals surface area contributed by atoms with Crippen LogP contribution in [0.4, 0.5) is 21.6 Å². The van der Waals surface area contributed by atoms with Crippen molar-refractivity contribution in [2.45, 2.75) is 26.7 Å². The summed E-state index contributed by atoms with van der Waals surface area (Å²) in [6, 6.07) is 7.90. The average molecular weight is 586 g/mol. The van der Waals surface area contributed by atoms with E-state index in [1.165, 1.54) is 24.5 Å². The molecule has 2 N–H and O–H groups in total. The molecule has 2 fully saturated rings. The fourth-order valence-corrected chi connectivity index (χ4v) is 4.68. The first-order valence-electron chi connectivity index (χ1n) is 14.0. The molecule has 1 atom stereocenters. The maximum Gasteiger partial charge on any atom is 0.248 e. The van der Waals surface area contributed by atoms with Crippen molar-refractivity contribution in [2.24, 2.45) is 5.92 Å². The summed E-state index contributed by atoms with van der Waals surface area (Å²) >= 11 is 5.95. The number of benzene rings is 2. The Labute approximate surface area is 245 Å². The minimum Gasteiger partial charge on any atom is -0.491 e. The molecule has 11 heteroatoms. The number of nitrogens with zero attached hydrogens (tertiary/aromatic N) is 3. The summed E-state index contributed by atoms with van der Waals surface area (Å²) < 4.78 is 30.8. The van der Waals surface area contributed by atoms with Crippen LogP contribution in [0.1, 0.15) is 26.7 Å². The van der Waals surface area contributed by atoms with Crippen LogP contribution in [0.3, 0.4) is 0 Å². The van der Waals surface area contributed by atoms with E-state index < -0.39 is 5.82 Å². The molecule has 41 heavy (non-hydrogen) atoms. The Balaban J connectivity index is 0.00000189. The third-order valence-electron chi connectivity index (χ3n) is 6.62. The molecule has 1 unspecified atom stereocenters. The van der Waals surface area contributed by atoms with Crippen LogP contribution >= 0.6 is 11.6 Å². The summed E-state index contributed by atoms with van der Waals surface area (Å²) in [5.74, 6) is 0.494. The highest BCUT2D eigenvalue weighted by Gasteiger charge is 2.19. The van der Waals surface area contributed by atoms with Crippen molar-refractivity contribution in [1.29, 1.82) is 0 Å². The smallest absolute Gasteiger partial charge is 0.248 e. The Kier molecular flexibility index (Phi) is 11.7. The number of hydrogen-bond donors (Lipinski definition) is 2. The fourth-order valence-electron chi connectivity index (χ4n) is 4.50. The SMILES string of the molecule is CC.O=C(/C=C/CN1CCCOCC1)Nc1cc2c(Nc3ccc(F)c(Cl)c3)ncnc2cc1OCC1CCOC1. The predicted octanol–water partition coefficient (Wildman–Crippen LogP) is 5.82. The third-order valence-corrected chi connectivity index (χ3v) is 6.91. The summed E-state index contributed by atoms with van der Waals surface area (Å²) in [6.07, 6.45) is 6.72. The molecule has 220 valence electrons. The Morgan fingerprint density at radius 1 is 1.17 bits per heavy atom. The van der Waals surface area contributed by atoms with Crippen LogP contribution in [0.2, 0.25) is 5.02 Å². The Morgan fingerprint density at radius 3 is 2.85 bits per heavy atom. The number of ether oxygens (including phenoxy) is 3. The van der Waals surface area contributed by atoms with Crippen molar-refractivity contribution < 1.29 is 23.4 Å². The first-order chi connectivity index (χ1) is 20.0. The molecule has 0 radical (unpaired) electrons. The molecular formula is C30H37ClFN5O4. The molecule has 1 aromatic heterocycles. The molecule has 5 rings (SSSR count). The van der Waals surface area contributed by atoms with E-state index in [2.05, 4.69) is 25.5 Å². The van der Waals surface area contributed by atoms with Gasteiger partial charge < -0.3 is 24.8 Å². The Morgan fingerprint density at radius 2 is 2.05 bits per heavy atom. The third kappa shape index (κ3) is 8.84. The topological polar surface area (TPSA) is 97.8 Å². The van der Waals surface area contributed by atoms with Crippen LogP contribution in [-0.2, 0) is 14.3 Å². The number of amides is 1. The van der Waals surface area contributed by atoms with Crippen molar-refractivity contribution in [3.8, 4) is 5.75 Å². The minimum atomic E-state index is -0.508. The summed E-state index contributed by atoms with van der Waals surface area (Å²) in [6.45, 7) is 9.75. The summed E-state index contributed by atoms with van der Waals surface area (Å²) in [7, 11) is 0. The van der Waals surface area contributed by atoms with Gasteiger partial charge in [-0.2, -0.15) is 0 Å². The van der Waals surface area contributed by atoms with E-state index >= 15 is 0 Å². The van der Waals surface area contributed by atoms with Gasteiger partial charge in [-0.3, -0.25) is 9.69 Å². The lowest BCUT2D eigenvalue weighted by molar-refractivity contribution is -0.111. The van der Waals surface area contributed by atoms with Gasteiger partial charge in [-0.15, -0.1) is 0 Å². The maximum absolute atomic E-state index is 13.6. The number of carbonyl (C=O) groups excluding carboxylic acids is 1. The number of halogens is 2. The van der Waals surface area contributed by atoms with E-state index in [-0.39, 0.29) is 16.8 Å². The van der Waals surface area contributed by atoms with Crippen LogP contribution in [-0.4, -0.2) is 73.4 Å². The number of aromatic nitrogens is 2. The number of hydrogen-bond acceptors (Lipinski definition) is 8. The van der Waals surface area contributed by atoms with Crippen molar-refractivity contribution >= 4 is 45.6 Å². The van der Waals surface area contributed by atoms with Crippen LogP contribution in [0.15, 0.2) is 48.8 Å². The van der Waals surface area contributed by atoms with E-state index in [4.69, 9.17) is 25.8 Å². The van der Waals surface area contributed by atoms with Gasteiger partial charge in [0.2, 0.25) is 5.91 Å². The Bertz CT molecular complexity index is 1330. The molecule has 0 aliphatic carbocycles. The van der Waals surface area contributed by atoms with Crippen LogP contribution in [0.5, 0.6) is 5.75 Å². The van der Waals surface area contributed by atoms with Gasteiger partial charge in [0.25, 0.3) is 0 Å². The van der Waals surface area contributed by atoms with E-state index in [1.54, 1.807) is 18.2 Å². The van der Waals surface area contributed by atoms with Gasteiger partial charge in [0, 0.05) is 62.0 Å². The highest BCUT2D eigenvalue weighted by Crippen LogP contribution is 2.34. The van der Waals surface area contributed by atoms with Crippen molar-refractivity contribution in [3.05, 3.63) is 59.7 Å². The molecule has 2 saturated heterocycles. The molecule has 2 aliphatic rings. The lowest BCUT2D eigenvalue weighted by Crippen LogP contribution is -2.26. The second-order valence-electron chi connectivity index (χ2n) is 9.54. The van der Waals surface area contributed by atoms with Gasteiger partial charge in [-0.05, 0) is 37.1 Å². The van der Waals surface area contributed by atoms with Gasteiger partial charge in [0.1, 0.15) is 23.7 Å². The molecule has 1 amide bonds. The molecule has 2 aliphatic heterocycles. The summed E-state index contributed by atoms with van der Waals surface area (Å²) in [5, 5.41) is 6.77. The van der Waals surface area contributed by atoms with Crippen molar-refractivity contribution in [2.75, 3.05) is 63.3 Å². The second kappa shape index (κ2) is 15.6. The zero-order valence-electron chi connectivity index (χ0n) is 23.5. The van der Waals surface area contributed by atoms with Crippen LogP contribution in [0.25, 0.3) is 10.9 Å². The van der Waals surface area contributed by atoms with Crippen LogP contribution in [0, 0.1) is 11.7 Å². The Hall–Kier alpha value is -3.31. The monoisotopic (exact) mass is 585 g/mol. The molecular weight excluding hydrogens is 549 g/mol. The van der Waals surface area contributed by atoms with Crippen LogP contribution < -0.4 is 15.4 Å². The first-order valence-corrected chi connectivity index (χ1v) is 14.4. The molecule has 2 aromatic carbocycles. The normalized spacial score (nSPS) is 17.6. The minimum absolute atomic E-state index is 0.00242. The highest BCUT2D eigenvalue weighted by atomic mass is 35.5. The molecule has 0 spiro atoms. The number of carbonyl (C=O) groups is 1. The van der Waals surface area contributed by atoms with E-state index in [0.29, 0.717) is 60.2 Å². The second-order valence-corrected chi connectivity index (χ2v) is 9.95. The number of anilines is 3. The zero-order valence-corrected chi connectivity index (χ0v) is 24.3. The first kappa shape index (κ1) is 30.6. The maximum atomic E-state index is 13.6. The van der Waals surface area contributed by atoms with Crippen molar-refractivity contribution in [3.63, 3.8) is 0 Å². The molecule has 0 saturated carbocycles. The molecule has 3 aromatic rings. The number of rotatable bonds is 9.